The minimum absolute atomic E-state index is 0.0560. The van der Waals surface area contributed by atoms with E-state index >= 15 is 0 Å². The average molecular weight is 387 g/mol. The van der Waals surface area contributed by atoms with Gasteiger partial charge in [-0.2, -0.15) is 0 Å². The fourth-order valence-corrected chi connectivity index (χ4v) is 4.77. The number of likely N-dealkylation sites (tertiary alicyclic amines) is 1. The van der Waals surface area contributed by atoms with Gasteiger partial charge >= 0.3 is 0 Å². The van der Waals surface area contributed by atoms with Gasteiger partial charge in [0.1, 0.15) is 6.04 Å². The number of aromatic amines is 1. The van der Waals surface area contributed by atoms with Gasteiger partial charge in [0, 0.05) is 42.3 Å². The number of para-hydroxylation sites is 1. The van der Waals surface area contributed by atoms with Crippen molar-refractivity contribution in [3.05, 3.63) is 65.4 Å². The fraction of sp³-hybridized carbons (Fsp3) is 0.333. The predicted molar refractivity (Wildman–Crippen MR) is 114 cm³/mol. The summed E-state index contributed by atoms with van der Waals surface area (Å²) in [5, 5.41) is 1.11. The van der Waals surface area contributed by atoms with Crippen LogP contribution in [0.1, 0.15) is 36.0 Å². The van der Waals surface area contributed by atoms with Gasteiger partial charge in [0.05, 0.1) is 0 Å². The van der Waals surface area contributed by atoms with E-state index in [1.807, 2.05) is 29.3 Å². The Hall–Kier alpha value is -3.08. The molecule has 1 saturated heterocycles. The average Bonchev–Trinajstić information content (AvgIpc) is 3.31. The maximum Gasteiger partial charge on any atom is 0.249 e. The molecule has 5 rings (SSSR count). The first-order valence-electron chi connectivity index (χ1n) is 10.4. The standard InChI is InChI=1S/C24H25N3O2/c1-16-8-9-21-17(13-16)5-4-12-26(21)24(29)22-10-11-23(28)27(22)15-18-14-25-20-7-3-2-6-19(18)20/h2-3,6-9,13-14,22,25H,4-5,10-12,15H2,1H3. The number of hydrogen-bond donors (Lipinski definition) is 1. The third kappa shape index (κ3) is 3.11. The minimum atomic E-state index is -0.386. The van der Waals surface area contributed by atoms with Gasteiger partial charge in [0.2, 0.25) is 11.8 Å². The van der Waals surface area contributed by atoms with Crippen molar-refractivity contribution in [2.75, 3.05) is 11.4 Å². The maximum absolute atomic E-state index is 13.5. The fourth-order valence-electron chi connectivity index (χ4n) is 4.77. The highest BCUT2D eigenvalue weighted by molar-refractivity contribution is 6.01. The summed E-state index contributed by atoms with van der Waals surface area (Å²) >= 11 is 0. The Balaban J connectivity index is 1.43. The van der Waals surface area contributed by atoms with Crippen LogP contribution in [0.5, 0.6) is 0 Å². The Morgan fingerprint density at radius 3 is 2.93 bits per heavy atom. The molecule has 3 heterocycles. The molecule has 29 heavy (non-hydrogen) atoms. The summed E-state index contributed by atoms with van der Waals surface area (Å²) in [5.41, 5.74) is 5.58. The maximum atomic E-state index is 13.5. The number of hydrogen-bond acceptors (Lipinski definition) is 2. The molecule has 0 radical (unpaired) electrons. The molecule has 0 aliphatic carbocycles. The van der Waals surface area contributed by atoms with Crippen molar-refractivity contribution in [3.8, 4) is 0 Å². The van der Waals surface area contributed by atoms with Crippen LogP contribution >= 0.6 is 0 Å². The van der Waals surface area contributed by atoms with Crippen LogP contribution < -0.4 is 4.90 Å². The van der Waals surface area contributed by atoms with Crippen molar-refractivity contribution in [3.63, 3.8) is 0 Å². The smallest absolute Gasteiger partial charge is 0.249 e. The van der Waals surface area contributed by atoms with E-state index in [1.54, 1.807) is 4.90 Å². The Bertz CT molecular complexity index is 1100. The van der Waals surface area contributed by atoms with Gasteiger partial charge in [-0.25, -0.2) is 0 Å². The topological polar surface area (TPSA) is 56.4 Å². The Labute approximate surface area is 170 Å². The first kappa shape index (κ1) is 18.0. The Morgan fingerprint density at radius 2 is 2.03 bits per heavy atom. The molecule has 1 aromatic heterocycles. The van der Waals surface area contributed by atoms with E-state index in [-0.39, 0.29) is 17.9 Å². The molecule has 5 heteroatoms. The molecule has 1 atom stereocenters. The van der Waals surface area contributed by atoms with Crippen molar-refractivity contribution in [1.29, 1.82) is 0 Å². The number of amides is 2. The quantitative estimate of drug-likeness (QED) is 0.740. The van der Waals surface area contributed by atoms with Gasteiger partial charge in [-0.05, 0) is 49.4 Å². The van der Waals surface area contributed by atoms with Gasteiger partial charge in [0.25, 0.3) is 0 Å². The highest BCUT2D eigenvalue weighted by Crippen LogP contribution is 2.32. The Morgan fingerprint density at radius 1 is 1.17 bits per heavy atom. The van der Waals surface area contributed by atoms with E-state index in [9.17, 15) is 9.59 Å². The molecule has 148 valence electrons. The van der Waals surface area contributed by atoms with Crippen molar-refractivity contribution >= 4 is 28.4 Å². The van der Waals surface area contributed by atoms with Crippen molar-refractivity contribution in [2.45, 2.75) is 45.2 Å². The third-order valence-electron chi connectivity index (χ3n) is 6.25. The molecule has 0 bridgehead atoms. The number of nitrogens with zero attached hydrogens (tertiary/aromatic N) is 2. The third-order valence-corrected chi connectivity index (χ3v) is 6.25. The molecule has 5 nitrogen and oxygen atoms in total. The molecular weight excluding hydrogens is 362 g/mol. The van der Waals surface area contributed by atoms with Gasteiger partial charge in [-0.3, -0.25) is 9.59 Å². The van der Waals surface area contributed by atoms with Gasteiger partial charge in [-0.1, -0.05) is 35.9 Å². The molecular formula is C24H25N3O2. The highest BCUT2D eigenvalue weighted by Gasteiger charge is 2.39. The van der Waals surface area contributed by atoms with Gasteiger partial charge < -0.3 is 14.8 Å². The molecule has 1 fully saturated rings. The zero-order chi connectivity index (χ0) is 20.0. The number of nitrogens with one attached hydrogen (secondary N) is 1. The zero-order valence-electron chi connectivity index (χ0n) is 16.6. The molecule has 2 aliphatic rings. The van der Waals surface area contributed by atoms with Crippen molar-refractivity contribution in [1.82, 2.24) is 9.88 Å². The molecule has 1 N–H and O–H groups in total. The lowest BCUT2D eigenvalue weighted by Gasteiger charge is -2.34. The summed E-state index contributed by atoms with van der Waals surface area (Å²) in [5.74, 6) is 0.121. The number of carbonyl (C=O) groups is 2. The van der Waals surface area contributed by atoms with Crippen LogP contribution in [0.4, 0.5) is 5.69 Å². The van der Waals surface area contributed by atoms with Crippen molar-refractivity contribution < 1.29 is 9.59 Å². The SMILES string of the molecule is Cc1ccc2c(c1)CCCN2C(=O)C1CCC(=O)N1Cc1c[nH]c2ccccc12. The first-order chi connectivity index (χ1) is 14.1. The molecule has 2 aromatic carbocycles. The Kier molecular flexibility index (Phi) is 4.38. The van der Waals surface area contributed by atoms with Crippen LogP contribution in [0.15, 0.2) is 48.7 Å². The van der Waals surface area contributed by atoms with Crippen LogP contribution in [0.25, 0.3) is 10.9 Å². The molecule has 2 amide bonds. The van der Waals surface area contributed by atoms with E-state index in [1.165, 1.54) is 11.1 Å². The van der Waals surface area contributed by atoms with E-state index in [2.05, 4.69) is 36.2 Å². The molecule has 0 saturated carbocycles. The summed E-state index contributed by atoms with van der Waals surface area (Å²) in [6, 6.07) is 14.0. The monoisotopic (exact) mass is 387 g/mol. The lowest BCUT2D eigenvalue weighted by molar-refractivity contribution is -0.134. The number of carbonyl (C=O) groups excluding carboxylic acids is 2. The van der Waals surface area contributed by atoms with Gasteiger partial charge in [0.15, 0.2) is 0 Å². The van der Waals surface area contributed by atoms with Crippen LogP contribution in [-0.2, 0) is 22.6 Å². The number of benzene rings is 2. The lowest BCUT2D eigenvalue weighted by Crippen LogP contribution is -2.48. The first-order valence-corrected chi connectivity index (χ1v) is 10.4. The summed E-state index contributed by atoms with van der Waals surface area (Å²) in [6.45, 7) is 3.27. The van der Waals surface area contributed by atoms with E-state index in [0.717, 1.165) is 41.5 Å². The van der Waals surface area contributed by atoms with Crippen LogP contribution in [0.2, 0.25) is 0 Å². The number of aromatic nitrogens is 1. The lowest BCUT2D eigenvalue weighted by atomic mass is 9.98. The van der Waals surface area contributed by atoms with Crippen LogP contribution in [0, 0.1) is 6.92 Å². The highest BCUT2D eigenvalue weighted by atomic mass is 16.2. The number of aryl methyl sites for hydroxylation is 2. The number of fused-ring (bicyclic) bond motifs is 2. The molecule has 0 spiro atoms. The minimum Gasteiger partial charge on any atom is -0.361 e. The molecule has 1 unspecified atom stereocenters. The van der Waals surface area contributed by atoms with E-state index in [0.29, 0.717) is 19.4 Å². The van der Waals surface area contributed by atoms with Crippen LogP contribution in [0.3, 0.4) is 0 Å². The largest absolute Gasteiger partial charge is 0.361 e. The number of rotatable bonds is 3. The normalized spacial score (nSPS) is 19.1. The molecule has 3 aromatic rings. The number of anilines is 1. The van der Waals surface area contributed by atoms with E-state index in [4.69, 9.17) is 0 Å². The number of H-pyrrole nitrogens is 1. The zero-order valence-corrected chi connectivity index (χ0v) is 16.6. The second-order valence-electron chi connectivity index (χ2n) is 8.16. The van der Waals surface area contributed by atoms with Crippen LogP contribution in [-0.4, -0.2) is 34.3 Å². The predicted octanol–water partition coefficient (Wildman–Crippen LogP) is 3.95. The second-order valence-corrected chi connectivity index (χ2v) is 8.16. The summed E-state index contributed by atoms with van der Waals surface area (Å²) < 4.78 is 0. The van der Waals surface area contributed by atoms with Crippen molar-refractivity contribution in [2.24, 2.45) is 0 Å². The van der Waals surface area contributed by atoms with E-state index < -0.39 is 0 Å². The van der Waals surface area contributed by atoms with Gasteiger partial charge in [-0.15, -0.1) is 0 Å². The second kappa shape index (κ2) is 7.07. The summed E-state index contributed by atoms with van der Waals surface area (Å²) in [6.07, 6.45) is 4.95. The molecule has 2 aliphatic heterocycles. The summed E-state index contributed by atoms with van der Waals surface area (Å²) in [4.78, 5) is 33.1. The summed E-state index contributed by atoms with van der Waals surface area (Å²) in [7, 11) is 0.